The van der Waals surface area contributed by atoms with Gasteiger partial charge in [-0.2, -0.15) is 18.3 Å². The van der Waals surface area contributed by atoms with E-state index in [0.29, 0.717) is 21.8 Å². The van der Waals surface area contributed by atoms with Crippen molar-refractivity contribution in [3.63, 3.8) is 0 Å². The Morgan fingerprint density at radius 2 is 1.39 bits per heavy atom. The Kier molecular flexibility index (Phi) is 5.87. The molecule has 2 aromatic heterocycles. The highest BCUT2D eigenvalue weighted by molar-refractivity contribution is 6.30. The van der Waals surface area contributed by atoms with Gasteiger partial charge in [0.1, 0.15) is 5.69 Å². The van der Waals surface area contributed by atoms with E-state index >= 15 is 0 Å². The lowest BCUT2D eigenvalue weighted by molar-refractivity contribution is -0.136. The first-order chi connectivity index (χ1) is 17.0. The number of fused-ring (bicyclic) bond motifs is 1. The highest BCUT2D eigenvalue weighted by atomic mass is 35.5. The number of nitrogens with zero attached hydrogens (tertiary/aromatic N) is 3. The molecule has 0 bridgehead atoms. The molecular weight excluding hydrogens is 483 g/mol. The van der Waals surface area contributed by atoms with Gasteiger partial charge < -0.3 is 0 Å². The van der Waals surface area contributed by atoms with E-state index in [9.17, 15) is 13.2 Å². The van der Waals surface area contributed by atoms with Crippen LogP contribution >= 0.6 is 11.6 Å². The van der Waals surface area contributed by atoms with Crippen molar-refractivity contribution < 1.29 is 13.2 Å². The van der Waals surface area contributed by atoms with Gasteiger partial charge in [-0.25, -0.2) is 9.67 Å². The molecule has 36 heavy (non-hydrogen) atoms. The molecule has 0 N–H and O–H groups in total. The van der Waals surface area contributed by atoms with E-state index in [2.05, 4.69) is 30.9 Å². The third kappa shape index (κ3) is 4.49. The van der Waals surface area contributed by atoms with E-state index < -0.39 is 11.7 Å². The normalized spacial score (nSPS) is 12.3. The second-order valence-electron chi connectivity index (χ2n) is 9.68. The molecule has 0 aliphatic heterocycles. The van der Waals surface area contributed by atoms with Gasteiger partial charge in [-0.15, -0.1) is 0 Å². The second kappa shape index (κ2) is 8.79. The lowest BCUT2D eigenvalue weighted by atomic mass is 9.86. The van der Waals surface area contributed by atoms with E-state index in [1.54, 1.807) is 36.4 Å². The summed E-state index contributed by atoms with van der Waals surface area (Å²) in [5.41, 5.74) is 2.51. The molecule has 0 radical (unpaired) electrons. The first kappa shape index (κ1) is 24.1. The fourth-order valence-corrected chi connectivity index (χ4v) is 4.31. The van der Waals surface area contributed by atoms with Crippen LogP contribution in [-0.4, -0.2) is 14.8 Å². The number of alkyl halides is 3. The molecule has 0 unspecified atom stereocenters. The fourth-order valence-electron chi connectivity index (χ4n) is 4.19. The summed E-state index contributed by atoms with van der Waals surface area (Å²) in [7, 11) is 0. The zero-order chi connectivity index (χ0) is 25.7. The summed E-state index contributed by atoms with van der Waals surface area (Å²) >= 11 is 6.00. The molecule has 182 valence electrons. The number of hydrogen-bond acceptors (Lipinski definition) is 2. The Bertz CT molecular complexity index is 1530. The smallest absolute Gasteiger partial charge is 0.228 e. The van der Waals surface area contributed by atoms with E-state index in [0.717, 1.165) is 11.6 Å². The minimum Gasteiger partial charge on any atom is -0.228 e. The predicted octanol–water partition coefficient (Wildman–Crippen LogP) is 8.72. The van der Waals surface area contributed by atoms with Crippen LogP contribution in [0.1, 0.15) is 31.9 Å². The highest BCUT2D eigenvalue weighted by Gasteiger charge is 2.36. The van der Waals surface area contributed by atoms with Crippen molar-refractivity contribution in [3.05, 3.63) is 101 Å². The van der Waals surface area contributed by atoms with Gasteiger partial charge in [-0.05, 0) is 41.3 Å². The second-order valence-corrected chi connectivity index (χ2v) is 10.1. The number of hydrogen-bond donors (Lipinski definition) is 0. The van der Waals surface area contributed by atoms with Crippen molar-refractivity contribution in [2.45, 2.75) is 32.4 Å². The van der Waals surface area contributed by atoms with Crippen LogP contribution in [0.15, 0.2) is 84.9 Å². The van der Waals surface area contributed by atoms with Crippen molar-refractivity contribution in [1.29, 1.82) is 0 Å². The molecule has 0 amide bonds. The molecule has 0 saturated heterocycles. The standard InChI is InChI=1S/C29H23ClF3N3/c1-28(2,3)20-13-9-19(10-14-20)26-25-23(29(31,32)33)17-24(18-11-15-21(30)16-12-18)34-27(25)36(35-26)22-7-5-4-6-8-22/h4-17H,1-3H3. The quantitative estimate of drug-likeness (QED) is 0.245. The maximum Gasteiger partial charge on any atom is 0.417 e. The molecule has 0 saturated carbocycles. The van der Waals surface area contributed by atoms with Crippen molar-refractivity contribution in [3.8, 4) is 28.2 Å². The molecule has 0 atom stereocenters. The predicted molar refractivity (Wildman–Crippen MR) is 138 cm³/mol. The summed E-state index contributed by atoms with van der Waals surface area (Å²) < 4.78 is 45.0. The molecule has 5 aromatic rings. The van der Waals surface area contributed by atoms with E-state index in [1.165, 1.54) is 4.68 Å². The van der Waals surface area contributed by atoms with Crippen LogP contribution in [-0.2, 0) is 11.6 Å². The molecule has 0 aliphatic rings. The van der Waals surface area contributed by atoms with Gasteiger partial charge >= 0.3 is 6.18 Å². The molecule has 0 fully saturated rings. The largest absolute Gasteiger partial charge is 0.417 e. The molecule has 5 rings (SSSR count). The van der Waals surface area contributed by atoms with Crippen LogP contribution in [0.4, 0.5) is 13.2 Å². The van der Waals surface area contributed by atoms with Crippen LogP contribution < -0.4 is 0 Å². The lowest BCUT2D eigenvalue weighted by Crippen LogP contribution is -2.10. The Morgan fingerprint density at radius 3 is 1.97 bits per heavy atom. The van der Waals surface area contributed by atoms with E-state index in [-0.39, 0.29) is 27.8 Å². The molecule has 0 spiro atoms. The zero-order valence-corrected chi connectivity index (χ0v) is 20.7. The highest BCUT2D eigenvalue weighted by Crippen LogP contribution is 2.42. The van der Waals surface area contributed by atoms with Gasteiger partial charge in [0.15, 0.2) is 5.65 Å². The van der Waals surface area contributed by atoms with Crippen LogP contribution in [0, 0.1) is 0 Å². The van der Waals surface area contributed by atoms with Gasteiger partial charge in [-0.3, -0.25) is 0 Å². The SMILES string of the molecule is CC(C)(C)c1ccc(-c2nn(-c3ccccc3)c3nc(-c4ccc(Cl)cc4)cc(C(F)(F)F)c23)cc1. The number of pyridine rings is 1. The van der Waals surface area contributed by atoms with Crippen molar-refractivity contribution in [1.82, 2.24) is 14.8 Å². The number of halogens is 4. The molecule has 7 heteroatoms. The maximum absolute atomic E-state index is 14.5. The first-order valence-corrected chi connectivity index (χ1v) is 11.8. The van der Waals surface area contributed by atoms with Crippen LogP contribution in [0.2, 0.25) is 5.02 Å². The third-order valence-electron chi connectivity index (χ3n) is 6.11. The van der Waals surface area contributed by atoms with Crippen molar-refractivity contribution in [2.24, 2.45) is 0 Å². The number of para-hydroxylation sites is 1. The first-order valence-electron chi connectivity index (χ1n) is 11.5. The summed E-state index contributed by atoms with van der Waals surface area (Å²) in [5, 5.41) is 5.13. The average molecular weight is 506 g/mol. The summed E-state index contributed by atoms with van der Waals surface area (Å²) in [5.74, 6) is 0. The van der Waals surface area contributed by atoms with Crippen LogP contribution in [0.3, 0.4) is 0 Å². The number of aromatic nitrogens is 3. The minimum absolute atomic E-state index is 0.0347. The monoisotopic (exact) mass is 505 g/mol. The van der Waals surface area contributed by atoms with Gasteiger partial charge in [-0.1, -0.05) is 87.0 Å². The Hall–Kier alpha value is -3.64. The third-order valence-corrected chi connectivity index (χ3v) is 6.36. The maximum atomic E-state index is 14.5. The molecule has 3 aromatic carbocycles. The summed E-state index contributed by atoms with van der Waals surface area (Å²) in [6.07, 6.45) is -4.62. The lowest BCUT2D eigenvalue weighted by Gasteiger charge is -2.19. The van der Waals surface area contributed by atoms with E-state index in [1.807, 2.05) is 42.5 Å². The Labute approximate surface area is 212 Å². The summed E-state index contributed by atoms with van der Waals surface area (Å²) in [6.45, 7) is 6.27. The topological polar surface area (TPSA) is 30.7 Å². The molecule has 3 nitrogen and oxygen atoms in total. The zero-order valence-electron chi connectivity index (χ0n) is 19.9. The molecule has 0 aliphatic carbocycles. The van der Waals surface area contributed by atoms with Crippen LogP contribution in [0.25, 0.3) is 39.2 Å². The van der Waals surface area contributed by atoms with Gasteiger partial charge in [0.2, 0.25) is 0 Å². The Balaban J connectivity index is 1.84. The number of rotatable bonds is 3. The molecular formula is C29H23ClF3N3. The van der Waals surface area contributed by atoms with Crippen molar-refractivity contribution in [2.75, 3.05) is 0 Å². The van der Waals surface area contributed by atoms with Crippen LogP contribution in [0.5, 0.6) is 0 Å². The van der Waals surface area contributed by atoms with Gasteiger partial charge in [0.25, 0.3) is 0 Å². The summed E-state index contributed by atoms with van der Waals surface area (Å²) in [4.78, 5) is 4.69. The van der Waals surface area contributed by atoms with E-state index in [4.69, 9.17) is 11.6 Å². The molecule has 2 heterocycles. The van der Waals surface area contributed by atoms with Gasteiger partial charge in [0, 0.05) is 16.1 Å². The fraction of sp³-hybridized carbons (Fsp3) is 0.172. The van der Waals surface area contributed by atoms with Crippen molar-refractivity contribution >= 4 is 22.6 Å². The summed E-state index contributed by atoms with van der Waals surface area (Å²) in [6, 6.07) is 24.3. The minimum atomic E-state index is -4.62. The van der Waals surface area contributed by atoms with Gasteiger partial charge in [0.05, 0.1) is 22.3 Å². The average Bonchev–Trinajstić information content (AvgIpc) is 3.23. The Morgan fingerprint density at radius 1 is 0.778 bits per heavy atom. The number of benzene rings is 3.